The van der Waals surface area contributed by atoms with Gasteiger partial charge in [-0.2, -0.15) is 0 Å². The Morgan fingerprint density at radius 3 is 2.55 bits per heavy atom. The third kappa shape index (κ3) is 4.41. The number of anilines is 2. The number of benzene rings is 1. The molecule has 1 aliphatic rings. The Kier molecular flexibility index (Phi) is 6.19. The van der Waals surface area contributed by atoms with E-state index in [0.717, 1.165) is 26.2 Å². The largest absolute Gasteiger partial charge is 0.385 e. The number of nitrogens with one attached hydrogen (secondary N) is 1. The summed E-state index contributed by atoms with van der Waals surface area (Å²) in [5, 5.41) is 3.50. The van der Waals surface area contributed by atoms with Crippen molar-refractivity contribution in [3.05, 3.63) is 24.3 Å². The lowest BCUT2D eigenvalue weighted by molar-refractivity contribution is 0.103. The third-order valence-corrected chi connectivity index (χ3v) is 4.05. The summed E-state index contributed by atoms with van der Waals surface area (Å²) < 4.78 is 5.64. The summed E-state index contributed by atoms with van der Waals surface area (Å²) in [6, 6.07) is 8.77. The molecule has 1 aromatic carbocycles. The first-order valence-corrected chi connectivity index (χ1v) is 8.04. The van der Waals surface area contributed by atoms with Crippen LogP contribution in [0, 0.1) is 0 Å². The van der Waals surface area contributed by atoms with Crippen LogP contribution in [-0.2, 0) is 4.74 Å². The summed E-state index contributed by atoms with van der Waals surface area (Å²) in [7, 11) is 0. The number of nitrogens with zero attached hydrogens (tertiary/aromatic N) is 1. The molecular weight excluding hydrogens is 248 g/mol. The summed E-state index contributed by atoms with van der Waals surface area (Å²) >= 11 is 0. The Hall–Kier alpha value is -1.22. The molecule has 1 saturated heterocycles. The second-order valence-electron chi connectivity index (χ2n) is 5.42. The highest BCUT2D eigenvalue weighted by Crippen LogP contribution is 2.19. The van der Waals surface area contributed by atoms with Gasteiger partial charge >= 0.3 is 0 Å². The number of rotatable bonds is 8. The van der Waals surface area contributed by atoms with E-state index in [1.165, 1.54) is 37.1 Å². The summed E-state index contributed by atoms with van der Waals surface area (Å²) in [6.07, 6.45) is 5.37. The molecule has 1 N–H and O–H groups in total. The predicted molar refractivity (Wildman–Crippen MR) is 86.7 cm³/mol. The minimum atomic E-state index is 0.516. The first-order chi connectivity index (χ1) is 9.83. The third-order valence-electron chi connectivity index (χ3n) is 4.05. The Bertz CT molecular complexity index is 367. The van der Waals surface area contributed by atoms with Crippen LogP contribution < -0.4 is 10.2 Å². The molecule has 1 heterocycles. The molecule has 0 radical (unpaired) electrons. The van der Waals surface area contributed by atoms with Crippen LogP contribution in [0.2, 0.25) is 0 Å². The maximum atomic E-state index is 5.64. The molecule has 1 fully saturated rings. The molecule has 0 spiro atoms. The smallest absolute Gasteiger partial charge is 0.0576 e. The molecule has 112 valence electrons. The molecule has 1 atom stereocenters. The monoisotopic (exact) mass is 276 g/mol. The van der Waals surface area contributed by atoms with Crippen LogP contribution in [0.15, 0.2) is 24.3 Å². The lowest BCUT2D eigenvalue weighted by Gasteiger charge is -2.21. The second kappa shape index (κ2) is 8.15. The van der Waals surface area contributed by atoms with Gasteiger partial charge in [0.1, 0.15) is 0 Å². The average molecular weight is 276 g/mol. The van der Waals surface area contributed by atoms with E-state index in [-0.39, 0.29) is 0 Å². The van der Waals surface area contributed by atoms with Crippen molar-refractivity contribution < 1.29 is 4.74 Å². The maximum absolute atomic E-state index is 5.64. The topological polar surface area (TPSA) is 24.5 Å². The van der Waals surface area contributed by atoms with Crippen molar-refractivity contribution >= 4 is 11.4 Å². The fraction of sp³-hybridized carbons (Fsp3) is 0.647. The fourth-order valence-electron chi connectivity index (χ4n) is 2.81. The van der Waals surface area contributed by atoms with Crippen LogP contribution >= 0.6 is 0 Å². The van der Waals surface area contributed by atoms with Crippen molar-refractivity contribution in [1.82, 2.24) is 0 Å². The van der Waals surface area contributed by atoms with Gasteiger partial charge in [-0.3, -0.25) is 0 Å². The van der Waals surface area contributed by atoms with Crippen LogP contribution in [0.25, 0.3) is 0 Å². The van der Waals surface area contributed by atoms with Crippen LogP contribution in [-0.4, -0.2) is 32.3 Å². The molecule has 3 nitrogen and oxygen atoms in total. The zero-order valence-electron chi connectivity index (χ0n) is 12.9. The van der Waals surface area contributed by atoms with Gasteiger partial charge in [-0.25, -0.2) is 0 Å². The van der Waals surface area contributed by atoms with E-state index in [9.17, 15) is 0 Å². The predicted octanol–water partition coefficient (Wildman–Crippen LogP) is 3.90. The van der Waals surface area contributed by atoms with Gasteiger partial charge in [0.25, 0.3) is 0 Å². The van der Waals surface area contributed by atoms with Crippen molar-refractivity contribution in [2.24, 2.45) is 0 Å². The van der Waals surface area contributed by atoms with E-state index >= 15 is 0 Å². The molecule has 3 heteroatoms. The normalized spacial score (nSPS) is 18.2. The molecule has 0 aromatic heterocycles. The highest BCUT2D eigenvalue weighted by Gasteiger charge is 2.14. The first kappa shape index (κ1) is 15.2. The maximum Gasteiger partial charge on any atom is 0.0576 e. The quantitative estimate of drug-likeness (QED) is 0.729. The van der Waals surface area contributed by atoms with Crippen LogP contribution in [0.5, 0.6) is 0 Å². The number of ether oxygens (including phenoxy) is 1. The van der Waals surface area contributed by atoms with Crippen LogP contribution in [0.1, 0.15) is 39.5 Å². The van der Waals surface area contributed by atoms with Crippen LogP contribution in [0.3, 0.4) is 0 Å². The van der Waals surface area contributed by atoms with E-state index in [1.807, 2.05) is 0 Å². The molecule has 1 unspecified atom stereocenters. The van der Waals surface area contributed by atoms with Gasteiger partial charge in [-0.1, -0.05) is 0 Å². The van der Waals surface area contributed by atoms with Crippen molar-refractivity contribution in [2.45, 2.75) is 45.6 Å². The second-order valence-corrected chi connectivity index (χ2v) is 5.42. The van der Waals surface area contributed by atoms with Crippen LogP contribution in [0.4, 0.5) is 11.4 Å². The lowest BCUT2D eigenvalue weighted by Crippen LogP contribution is -2.21. The summed E-state index contributed by atoms with van der Waals surface area (Å²) in [4.78, 5) is 2.36. The van der Waals surface area contributed by atoms with Gasteiger partial charge in [-0.15, -0.1) is 0 Å². The summed E-state index contributed by atoms with van der Waals surface area (Å²) in [5.74, 6) is 0. The lowest BCUT2D eigenvalue weighted by atomic mass is 10.1. The molecule has 0 bridgehead atoms. The SMILES string of the molecule is CCN(CC)c1ccc(NCCCC2CCCO2)cc1. The molecule has 1 aliphatic heterocycles. The molecule has 0 amide bonds. The molecule has 1 aromatic rings. The van der Waals surface area contributed by atoms with Gasteiger partial charge in [0.2, 0.25) is 0 Å². The van der Waals surface area contributed by atoms with Gasteiger partial charge in [0.15, 0.2) is 0 Å². The number of hydrogen-bond donors (Lipinski definition) is 1. The number of hydrogen-bond acceptors (Lipinski definition) is 3. The first-order valence-electron chi connectivity index (χ1n) is 8.04. The molecular formula is C17H28N2O. The van der Waals surface area contributed by atoms with Gasteiger partial charge in [0.05, 0.1) is 6.10 Å². The van der Waals surface area contributed by atoms with Crippen molar-refractivity contribution in [3.63, 3.8) is 0 Å². The molecule has 2 rings (SSSR count). The molecule has 0 aliphatic carbocycles. The summed E-state index contributed by atoms with van der Waals surface area (Å²) in [5.41, 5.74) is 2.52. The minimum Gasteiger partial charge on any atom is -0.385 e. The zero-order valence-corrected chi connectivity index (χ0v) is 12.9. The van der Waals surface area contributed by atoms with E-state index in [1.54, 1.807) is 0 Å². The van der Waals surface area contributed by atoms with Crippen molar-refractivity contribution in [1.29, 1.82) is 0 Å². The van der Waals surface area contributed by atoms with Gasteiger partial charge < -0.3 is 15.0 Å². The Morgan fingerprint density at radius 2 is 1.95 bits per heavy atom. The summed E-state index contributed by atoms with van der Waals surface area (Å²) in [6.45, 7) is 8.51. The van der Waals surface area contributed by atoms with Gasteiger partial charge in [0, 0.05) is 37.6 Å². The minimum absolute atomic E-state index is 0.516. The van der Waals surface area contributed by atoms with Crippen molar-refractivity contribution in [3.8, 4) is 0 Å². The van der Waals surface area contributed by atoms with Gasteiger partial charge in [-0.05, 0) is 63.8 Å². The molecule has 0 saturated carbocycles. The Morgan fingerprint density at radius 1 is 1.20 bits per heavy atom. The highest BCUT2D eigenvalue weighted by molar-refractivity contribution is 5.54. The Labute approximate surface area is 123 Å². The average Bonchev–Trinajstić information content (AvgIpc) is 3.00. The highest BCUT2D eigenvalue weighted by atomic mass is 16.5. The zero-order chi connectivity index (χ0) is 14.2. The fourth-order valence-corrected chi connectivity index (χ4v) is 2.81. The standard InChI is InChI=1S/C17H28N2O/c1-3-19(4-2)16-11-9-15(10-12-16)18-13-5-7-17-8-6-14-20-17/h9-12,17-18H,3-8,13-14H2,1-2H3. The van der Waals surface area contributed by atoms with E-state index in [0.29, 0.717) is 6.10 Å². The van der Waals surface area contributed by atoms with E-state index in [2.05, 4.69) is 48.3 Å². The van der Waals surface area contributed by atoms with E-state index in [4.69, 9.17) is 4.74 Å². The molecule has 20 heavy (non-hydrogen) atoms. The Balaban J connectivity index is 1.70. The van der Waals surface area contributed by atoms with Crippen molar-refractivity contribution in [2.75, 3.05) is 36.5 Å². The van der Waals surface area contributed by atoms with E-state index < -0.39 is 0 Å².